The number of fused-ring (bicyclic) bond motifs is 1. The molecule has 1 saturated carbocycles. The zero-order valence-corrected chi connectivity index (χ0v) is 10.8. The molecule has 3 heteroatoms. The highest BCUT2D eigenvalue weighted by Gasteiger charge is 2.36. The van der Waals surface area contributed by atoms with Crippen molar-refractivity contribution in [2.75, 3.05) is 5.32 Å². The predicted octanol–water partition coefficient (Wildman–Crippen LogP) is 2.76. The number of carbonyl (C=O) groups excluding carboxylic acids is 1. The average molecular weight is 244 g/mol. The highest BCUT2D eigenvalue weighted by molar-refractivity contribution is 5.99. The molecule has 0 radical (unpaired) electrons. The van der Waals surface area contributed by atoms with Crippen LogP contribution in [0.4, 0.5) is 5.69 Å². The number of nitrogens with two attached hydrogens (primary N) is 1. The highest BCUT2D eigenvalue weighted by Crippen LogP contribution is 2.46. The van der Waals surface area contributed by atoms with Crippen molar-refractivity contribution in [1.29, 1.82) is 0 Å². The van der Waals surface area contributed by atoms with Crippen molar-refractivity contribution in [2.24, 2.45) is 11.1 Å². The number of carbonyl (C=O) groups is 1. The summed E-state index contributed by atoms with van der Waals surface area (Å²) in [5, 5.41) is 2.86. The predicted molar refractivity (Wildman–Crippen MR) is 72.3 cm³/mol. The lowest BCUT2D eigenvalue weighted by Gasteiger charge is -2.31. The zero-order chi connectivity index (χ0) is 12.8. The molecule has 1 heterocycles. The fourth-order valence-corrected chi connectivity index (χ4v) is 3.34. The highest BCUT2D eigenvalue weighted by atomic mass is 16.1. The van der Waals surface area contributed by atoms with Crippen molar-refractivity contribution in [3.8, 4) is 0 Å². The van der Waals surface area contributed by atoms with E-state index in [1.165, 1.54) is 31.2 Å². The number of benzene rings is 1. The molecule has 3 rings (SSSR count). The molecule has 3 nitrogen and oxygen atoms in total. The van der Waals surface area contributed by atoms with E-state index in [0.717, 1.165) is 11.3 Å². The van der Waals surface area contributed by atoms with Crippen molar-refractivity contribution < 1.29 is 4.79 Å². The van der Waals surface area contributed by atoms with Crippen LogP contribution in [0.2, 0.25) is 0 Å². The zero-order valence-electron chi connectivity index (χ0n) is 10.8. The molecule has 2 aliphatic rings. The lowest BCUT2D eigenvalue weighted by atomic mass is 9.77. The minimum absolute atomic E-state index is 0.0843. The van der Waals surface area contributed by atoms with Crippen LogP contribution >= 0.6 is 0 Å². The van der Waals surface area contributed by atoms with Crippen LogP contribution in [0.3, 0.4) is 0 Å². The smallest absolute Gasteiger partial charge is 0.228 e. The van der Waals surface area contributed by atoms with Crippen molar-refractivity contribution in [3.63, 3.8) is 0 Å². The number of hydrogen-bond acceptors (Lipinski definition) is 2. The molecule has 0 aromatic heterocycles. The van der Waals surface area contributed by atoms with Gasteiger partial charge >= 0.3 is 0 Å². The van der Waals surface area contributed by atoms with Crippen LogP contribution < -0.4 is 11.1 Å². The van der Waals surface area contributed by atoms with E-state index in [4.69, 9.17) is 5.73 Å². The molecule has 18 heavy (non-hydrogen) atoms. The van der Waals surface area contributed by atoms with E-state index in [9.17, 15) is 4.79 Å². The van der Waals surface area contributed by atoms with E-state index in [1.54, 1.807) is 0 Å². The van der Waals surface area contributed by atoms with Crippen molar-refractivity contribution in [3.05, 3.63) is 29.3 Å². The van der Waals surface area contributed by atoms with Gasteiger partial charge in [-0.1, -0.05) is 31.9 Å². The standard InChI is InChI=1S/C15H20N2O/c1-15(6-2-3-7-15)14(16)10-4-5-12-11(8-10)9-13(18)17-12/h4-5,8,14H,2-3,6-7,9,16H2,1H3,(H,17,18). The summed E-state index contributed by atoms with van der Waals surface area (Å²) in [5.74, 6) is 0.0859. The minimum atomic E-state index is 0.0843. The Morgan fingerprint density at radius 1 is 1.33 bits per heavy atom. The quantitative estimate of drug-likeness (QED) is 0.840. The lowest BCUT2D eigenvalue weighted by molar-refractivity contribution is -0.115. The summed E-state index contributed by atoms with van der Waals surface area (Å²) in [4.78, 5) is 11.4. The second-order valence-corrected chi connectivity index (χ2v) is 5.98. The molecule has 1 unspecified atom stereocenters. The second-order valence-electron chi connectivity index (χ2n) is 5.98. The first kappa shape index (κ1) is 11.7. The second kappa shape index (κ2) is 4.09. The molecule has 0 saturated heterocycles. The molecule has 1 aliphatic carbocycles. The third kappa shape index (κ3) is 1.83. The van der Waals surface area contributed by atoms with Gasteiger partial charge < -0.3 is 11.1 Å². The van der Waals surface area contributed by atoms with Gasteiger partial charge in [0.15, 0.2) is 0 Å². The van der Waals surface area contributed by atoms with E-state index in [2.05, 4.69) is 24.4 Å². The maximum Gasteiger partial charge on any atom is 0.228 e. The monoisotopic (exact) mass is 244 g/mol. The first-order chi connectivity index (χ1) is 8.58. The van der Waals surface area contributed by atoms with Gasteiger partial charge in [-0.2, -0.15) is 0 Å². The first-order valence-corrected chi connectivity index (χ1v) is 6.77. The Labute approximate surface area is 108 Å². The van der Waals surface area contributed by atoms with Gasteiger partial charge in [-0.3, -0.25) is 4.79 Å². The van der Waals surface area contributed by atoms with Crippen LogP contribution in [0.1, 0.15) is 49.8 Å². The fraction of sp³-hybridized carbons (Fsp3) is 0.533. The van der Waals surface area contributed by atoms with Crippen LogP contribution in [0.25, 0.3) is 0 Å². The summed E-state index contributed by atoms with van der Waals surface area (Å²) in [6, 6.07) is 6.26. The number of anilines is 1. The van der Waals surface area contributed by atoms with Gasteiger partial charge in [0.25, 0.3) is 0 Å². The third-order valence-corrected chi connectivity index (χ3v) is 4.61. The Hall–Kier alpha value is -1.35. The molecule has 1 atom stereocenters. The van der Waals surface area contributed by atoms with Gasteiger partial charge in [0, 0.05) is 11.7 Å². The number of rotatable bonds is 2. The van der Waals surface area contributed by atoms with E-state index in [-0.39, 0.29) is 17.4 Å². The Balaban J connectivity index is 1.89. The molecular formula is C15H20N2O. The third-order valence-electron chi connectivity index (χ3n) is 4.61. The van der Waals surface area contributed by atoms with Crippen LogP contribution in [0.5, 0.6) is 0 Å². The van der Waals surface area contributed by atoms with Gasteiger partial charge in [-0.05, 0) is 35.4 Å². The van der Waals surface area contributed by atoms with Crippen molar-refractivity contribution in [1.82, 2.24) is 0 Å². The molecular weight excluding hydrogens is 224 g/mol. The molecule has 1 aromatic rings. The molecule has 0 bridgehead atoms. The average Bonchev–Trinajstić information content (AvgIpc) is 2.93. The van der Waals surface area contributed by atoms with E-state index in [0.29, 0.717) is 6.42 Å². The SMILES string of the molecule is CC1(C(N)c2ccc3c(c2)CC(=O)N3)CCCC1. The first-order valence-electron chi connectivity index (χ1n) is 6.77. The van der Waals surface area contributed by atoms with E-state index >= 15 is 0 Å². The van der Waals surface area contributed by atoms with Gasteiger partial charge in [0.1, 0.15) is 0 Å². The maximum absolute atomic E-state index is 11.4. The van der Waals surface area contributed by atoms with Gasteiger partial charge in [-0.25, -0.2) is 0 Å². The molecule has 1 aliphatic heterocycles. The van der Waals surface area contributed by atoms with Crippen LogP contribution in [0, 0.1) is 5.41 Å². The molecule has 96 valence electrons. The van der Waals surface area contributed by atoms with Crippen molar-refractivity contribution in [2.45, 2.75) is 45.1 Å². The molecule has 1 amide bonds. The normalized spacial score (nSPS) is 22.7. The van der Waals surface area contributed by atoms with E-state index in [1.807, 2.05) is 6.07 Å². The number of amides is 1. The van der Waals surface area contributed by atoms with Crippen molar-refractivity contribution >= 4 is 11.6 Å². The maximum atomic E-state index is 11.4. The fourth-order valence-electron chi connectivity index (χ4n) is 3.34. The van der Waals surface area contributed by atoms with E-state index < -0.39 is 0 Å². The summed E-state index contributed by atoms with van der Waals surface area (Å²) in [5.41, 5.74) is 9.90. The van der Waals surface area contributed by atoms with Gasteiger partial charge in [-0.15, -0.1) is 0 Å². The molecule has 1 aromatic carbocycles. The largest absolute Gasteiger partial charge is 0.326 e. The lowest BCUT2D eigenvalue weighted by Crippen LogP contribution is -2.29. The Bertz CT molecular complexity index is 489. The summed E-state index contributed by atoms with van der Waals surface area (Å²) in [6.45, 7) is 2.29. The summed E-state index contributed by atoms with van der Waals surface area (Å²) >= 11 is 0. The van der Waals surface area contributed by atoms with Gasteiger partial charge in [0.2, 0.25) is 5.91 Å². The number of nitrogens with one attached hydrogen (secondary N) is 1. The van der Waals surface area contributed by atoms with Crippen LogP contribution in [-0.4, -0.2) is 5.91 Å². The minimum Gasteiger partial charge on any atom is -0.326 e. The Kier molecular flexibility index (Phi) is 2.67. The number of hydrogen-bond donors (Lipinski definition) is 2. The Morgan fingerprint density at radius 3 is 2.78 bits per heavy atom. The van der Waals surface area contributed by atoms with Gasteiger partial charge in [0.05, 0.1) is 6.42 Å². The molecule has 3 N–H and O–H groups in total. The summed E-state index contributed by atoms with van der Waals surface area (Å²) in [7, 11) is 0. The van der Waals surface area contributed by atoms with Crippen LogP contribution in [0.15, 0.2) is 18.2 Å². The Morgan fingerprint density at radius 2 is 2.06 bits per heavy atom. The summed E-state index contributed by atoms with van der Waals surface area (Å²) < 4.78 is 0. The van der Waals surface area contributed by atoms with Crippen LogP contribution in [-0.2, 0) is 11.2 Å². The summed E-state index contributed by atoms with van der Waals surface area (Å²) in [6.07, 6.45) is 5.49. The topological polar surface area (TPSA) is 55.1 Å². The molecule has 1 fully saturated rings. The molecule has 0 spiro atoms.